The Morgan fingerprint density at radius 2 is 2.30 bits per heavy atom. The predicted octanol–water partition coefficient (Wildman–Crippen LogP) is 3.83. The van der Waals surface area contributed by atoms with Gasteiger partial charge in [0.25, 0.3) is 0 Å². The zero-order chi connectivity index (χ0) is 13.9. The van der Waals surface area contributed by atoms with Crippen molar-refractivity contribution >= 4 is 22.9 Å². The Morgan fingerprint density at radius 1 is 1.40 bits per heavy atom. The van der Waals surface area contributed by atoms with Gasteiger partial charge in [-0.05, 0) is 56.0 Å². The maximum atomic E-state index is 9.61. The average molecular weight is 312 g/mol. The lowest BCUT2D eigenvalue weighted by Crippen LogP contribution is -2.26. The third-order valence-corrected chi connectivity index (χ3v) is 5.13. The zero-order valence-corrected chi connectivity index (χ0v) is 12.7. The molecule has 5 heteroatoms. The van der Waals surface area contributed by atoms with E-state index in [9.17, 15) is 5.11 Å². The molecule has 0 amide bonds. The van der Waals surface area contributed by atoms with E-state index in [2.05, 4.69) is 5.32 Å². The number of aliphatic hydroxyl groups is 1. The highest BCUT2D eigenvalue weighted by molar-refractivity contribution is 7.16. The molecule has 108 valence electrons. The van der Waals surface area contributed by atoms with E-state index < -0.39 is 0 Å². The molecule has 0 saturated heterocycles. The molecule has 3 rings (SSSR count). The van der Waals surface area contributed by atoms with Gasteiger partial charge in [0, 0.05) is 4.88 Å². The van der Waals surface area contributed by atoms with Crippen molar-refractivity contribution in [3.63, 3.8) is 0 Å². The third-order valence-electron chi connectivity index (χ3n) is 3.83. The molecule has 1 saturated carbocycles. The number of rotatable bonds is 5. The largest absolute Gasteiger partial charge is 0.467 e. The van der Waals surface area contributed by atoms with Crippen LogP contribution in [0.2, 0.25) is 4.34 Å². The molecule has 2 aromatic rings. The molecule has 1 aliphatic rings. The van der Waals surface area contributed by atoms with Crippen LogP contribution in [0.25, 0.3) is 0 Å². The van der Waals surface area contributed by atoms with Crippen LogP contribution in [0.5, 0.6) is 0 Å². The summed E-state index contributed by atoms with van der Waals surface area (Å²) < 4.78 is 6.33. The fraction of sp³-hybridized carbons (Fsp3) is 0.467. The summed E-state index contributed by atoms with van der Waals surface area (Å²) in [5.41, 5.74) is 0. The van der Waals surface area contributed by atoms with Gasteiger partial charge in [-0.25, -0.2) is 0 Å². The van der Waals surface area contributed by atoms with Gasteiger partial charge in [0.15, 0.2) is 0 Å². The second kappa shape index (κ2) is 6.31. The predicted molar refractivity (Wildman–Crippen MR) is 81.2 cm³/mol. The number of hydrogen-bond donors (Lipinski definition) is 2. The molecule has 2 heterocycles. The van der Waals surface area contributed by atoms with Crippen LogP contribution in [0.1, 0.15) is 35.9 Å². The smallest absolute Gasteiger partial charge is 0.126 e. The lowest BCUT2D eigenvalue weighted by Gasteiger charge is -2.18. The quantitative estimate of drug-likeness (QED) is 0.882. The van der Waals surface area contributed by atoms with E-state index in [1.54, 1.807) is 17.6 Å². The van der Waals surface area contributed by atoms with Gasteiger partial charge < -0.3 is 14.8 Å². The minimum Gasteiger partial charge on any atom is -0.467 e. The first-order valence-electron chi connectivity index (χ1n) is 6.92. The molecular formula is C15H18ClNO2S. The fourth-order valence-corrected chi connectivity index (χ4v) is 3.94. The van der Waals surface area contributed by atoms with Gasteiger partial charge in [0.05, 0.1) is 16.7 Å². The van der Waals surface area contributed by atoms with E-state index in [1.807, 2.05) is 24.3 Å². The van der Waals surface area contributed by atoms with E-state index in [-0.39, 0.29) is 12.1 Å². The maximum Gasteiger partial charge on any atom is 0.126 e. The average Bonchev–Trinajstić information content (AvgIpc) is 3.13. The van der Waals surface area contributed by atoms with Crippen LogP contribution in [-0.4, -0.2) is 17.8 Å². The van der Waals surface area contributed by atoms with Crippen molar-refractivity contribution in [3.05, 3.63) is 45.5 Å². The van der Waals surface area contributed by atoms with Gasteiger partial charge in [0.2, 0.25) is 0 Å². The number of halogens is 1. The first-order chi connectivity index (χ1) is 9.72. The third kappa shape index (κ3) is 3.26. The molecule has 20 heavy (non-hydrogen) atoms. The van der Waals surface area contributed by atoms with Crippen molar-refractivity contribution in [2.45, 2.75) is 31.4 Å². The topological polar surface area (TPSA) is 45.4 Å². The standard InChI is InChI=1S/C15H18ClNO2S/c16-14-6-5-13(20-14)15(12-2-1-7-19-12)17-9-10-3-4-11(18)8-10/h1-2,5-7,10-11,15,17-18H,3-4,8-9H2. The van der Waals surface area contributed by atoms with Crippen LogP contribution >= 0.6 is 22.9 Å². The number of hydrogen-bond acceptors (Lipinski definition) is 4. The summed E-state index contributed by atoms with van der Waals surface area (Å²) in [6.45, 7) is 0.887. The summed E-state index contributed by atoms with van der Waals surface area (Å²) in [7, 11) is 0. The van der Waals surface area contributed by atoms with E-state index >= 15 is 0 Å². The summed E-state index contributed by atoms with van der Waals surface area (Å²) in [4.78, 5) is 1.16. The molecule has 3 atom stereocenters. The van der Waals surface area contributed by atoms with Crippen molar-refractivity contribution in [2.75, 3.05) is 6.54 Å². The molecule has 3 nitrogen and oxygen atoms in total. The molecule has 1 aliphatic carbocycles. The van der Waals surface area contributed by atoms with Crippen molar-refractivity contribution in [1.29, 1.82) is 0 Å². The van der Waals surface area contributed by atoms with Gasteiger partial charge >= 0.3 is 0 Å². The Labute approximate surface area is 127 Å². The minimum absolute atomic E-state index is 0.0419. The first-order valence-corrected chi connectivity index (χ1v) is 8.12. The lowest BCUT2D eigenvalue weighted by molar-refractivity contribution is 0.177. The Bertz CT molecular complexity index is 540. The molecule has 0 bridgehead atoms. The molecule has 0 radical (unpaired) electrons. The van der Waals surface area contributed by atoms with Crippen molar-refractivity contribution in [1.82, 2.24) is 5.32 Å². The summed E-state index contributed by atoms with van der Waals surface area (Å²) in [5.74, 6) is 1.44. The van der Waals surface area contributed by atoms with Crippen molar-refractivity contribution < 1.29 is 9.52 Å². The van der Waals surface area contributed by atoms with Crippen LogP contribution in [0.4, 0.5) is 0 Å². The molecule has 2 N–H and O–H groups in total. The zero-order valence-electron chi connectivity index (χ0n) is 11.1. The maximum absolute atomic E-state index is 9.61. The Kier molecular flexibility index (Phi) is 4.46. The molecule has 0 spiro atoms. The van der Waals surface area contributed by atoms with Crippen LogP contribution < -0.4 is 5.32 Å². The van der Waals surface area contributed by atoms with Crippen molar-refractivity contribution in [3.8, 4) is 0 Å². The second-order valence-corrected chi connectivity index (χ2v) is 7.08. The normalized spacial score (nSPS) is 24.1. The van der Waals surface area contributed by atoms with Gasteiger partial charge in [0.1, 0.15) is 11.8 Å². The second-order valence-electron chi connectivity index (χ2n) is 5.33. The van der Waals surface area contributed by atoms with E-state index in [0.717, 1.165) is 40.8 Å². The number of furan rings is 1. The van der Waals surface area contributed by atoms with Gasteiger partial charge in [-0.15, -0.1) is 11.3 Å². The van der Waals surface area contributed by atoms with Crippen LogP contribution in [0.15, 0.2) is 34.9 Å². The minimum atomic E-state index is -0.125. The summed E-state index contributed by atoms with van der Waals surface area (Å²) in [6, 6.07) is 7.88. The number of thiophene rings is 1. The van der Waals surface area contributed by atoms with E-state index in [4.69, 9.17) is 16.0 Å². The van der Waals surface area contributed by atoms with E-state index in [1.165, 1.54) is 0 Å². The summed E-state index contributed by atoms with van der Waals surface area (Å²) in [5, 5.41) is 13.2. The summed E-state index contributed by atoms with van der Waals surface area (Å²) >= 11 is 7.61. The Hall–Kier alpha value is -0.810. The first kappa shape index (κ1) is 14.1. The van der Waals surface area contributed by atoms with Crippen molar-refractivity contribution in [2.24, 2.45) is 5.92 Å². The highest BCUT2D eigenvalue weighted by Gasteiger charge is 2.25. The molecule has 0 aliphatic heterocycles. The van der Waals surface area contributed by atoms with Crippen LogP contribution in [0.3, 0.4) is 0 Å². The SMILES string of the molecule is OC1CCC(CNC(c2ccco2)c2ccc(Cl)s2)C1. The monoisotopic (exact) mass is 311 g/mol. The molecular weight excluding hydrogens is 294 g/mol. The molecule has 3 unspecified atom stereocenters. The number of nitrogens with one attached hydrogen (secondary N) is 1. The Balaban J connectivity index is 1.70. The summed E-state index contributed by atoms with van der Waals surface area (Å²) in [6.07, 6.45) is 4.47. The highest BCUT2D eigenvalue weighted by atomic mass is 35.5. The van der Waals surface area contributed by atoms with Crippen LogP contribution in [0, 0.1) is 5.92 Å². The van der Waals surface area contributed by atoms with E-state index in [0.29, 0.717) is 5.92 Å². The van der Waals surface area contributed by atoms with Gasteiger partial charge in [-0.2, -0.15) is 0 Å². The number of aliphatic hydroxyl groups excluding tert-OH is 1. The van der Waals surface area contributed by atoms with Gasteiger partial charge in [-0.1, -0.05) is 11.6 Å². The fourth-order valence-electron chi connectivity index (χ4n) is 2.80. The lowest BCUT2D eigenvalue weighted by atomic mass is 10.1. The molecule has 1 fully saturated rings. The highest BCUT2D eigenvalue weighted by Crippen LogP contribution is 2.32. The molecule has 2 aromatic heterocycles. The Morgan fingerprint density at radius 3 is 2.90 bits per heavy atom. The van der Waals surface area contributed by atoms with Gasteiger partial charge in [-0.3, -0.25) is 0 Å². The van der Waals surface area contributed by atoms with Crippen LogP contribution in [-0.2, 0) is 0 Å². The molecule has 0 aromatic carbocycles.